The summed E-state index contributed by atoms with van der Waals surface area (Å²) in [5.74, 6) is 0. The second-order valence-electron chi connectivity index (χ2n) is 20.7. The Kier molecular flexibility index (Phi) is 68.9. The van der Waals surface area contributed by atoms with Gasteiger partial charge in [-0.25, -0.2) is 0 Å². The third-order valence-electron chi connectivity index (χ3n) is 13.1. The highest BCUT2D eigenvalue weighted by Gasteiger charge is 2.24. The van der Waals surface area contributed by atoms with Gasteiger partial charge in [0, 0.05) is 0 Å². The van der Waals surface area contributed by atoms with E-state index in [-0.39, 0.29) is 29.4 Å². The zero-order valence-corrected chi connectivity index (χ0v) is 48.2. The van der Waals surface area contributed by atoms with Crippen LogP contribution in [-0.2, 0) is 0 Å². The minimum Gasteiger partial charge on any atom is -0.331 e. The van der Waals surface area contributed by atoms with Crippen molar-refractivity contribution in [1.29, 1.82) is 0 Å². The molecule has 0 aliphatic rings. The average molecular weight is 970 g/mol. The molecule has 0 aliphatic heterocycles. The summed E-state index contributed by atoms with van der Waals surface area (Å²) in [5, 5.41) is 0. The van der Waals surface area contributed by atoms with Gasteiger partial charge in [0.05, 0.1) is 53.9 Å². The lowest BCUT2D eigenvalue weighted by Gasteiger charge is -2.39. The molecule has 5 heteroatoms. The Morgan fingerprint density at radius 2 is 0.435 bits per heavy atom. The highest BCUT2D eigenvalue weighted by Crippen LogP contribution is 2.17. The molecule has 382 valence electrons. The minimum atomic E-state index is 0. The van der Waals surface area contributed by atoms with E-state index in [4.69, 9.17) is 0 Å². The van der Waals surface area contributed by atoms with Gasteiger partial charge in [-0.15, -0.1) is 29.4 Å². The number of nitrogens with zero attached hydrogens (tertiary/aromatic N) is 3. The number of quaternary nitrogens is 2. The zero-order chi connectivity index (χ0) is 45.1. The second kappa shape index (κ2) is 59.7. The van der Waals surface area contributed by atoms with E-state index in [2.05, 4.69) is 81.4 Å². The molecule has 62 heavy (non-hydrogen) atoms. The summed E-state index contributed by atoms with van der Waals surface area (Å²) in [6.45, 7) is 29.6. The first kappa shape index (κ1) is 71.6. The molecule has 0 amide bonds. The summed E-state index contributed by atoms with van der Waals surface area (Å²) in [6.07, 6.45) is 54.2. The first-order chi connectivity index (χ1) is 29.1. The maximum atomic E-state index is 2.79. The monoisotopic (exact) mass is 968 g/mol. The lowest BCUT2D eigenvalue weighted by molar-refractivity contribution is -0.929. The maximum Gasteiger partial charge on any atom is 0.0786 e. The third kappa shape index (κ3) is 60.6. The van der Waals surface area contributed by atoms with Gasteiger partial charge in [0.15, 0.2) is 0 Å². The van der Waals surface area contributed by atoms with E-state index in [1.807, 2.05) is 0 Å². The Morgan fingerprint density at radius 3 is 0.645 bits per heavy atom. The quantitative estimate of drug-likeness (QED) is 0.0434. The molecule has 0 saturated heterocycles. The molecule has 0 N–H and O–H groups in total. The molecule has 0 aliphatic carbocycles. The van der Waals surface area contributed by atoms with Crippen LogP contribution in [0.1, 0.15) is 299 Å². The van der Waals surface area contributed by atoms with Crippen LogP contribution in [0.4, 0.5) is 0 Å². The molecule has 0 unspecified atom stereocenters. The summed E-state index contributed by atoms with van der Waals surface area (Å²) >= 11 is 0. The lowest BCUT2D eigenvalue weighted by Crippen LogP contribution is -2.50. The molecular formula is C57H127BrClN3+2. The highest BCUT2D eigenvalue weighted by atomic mass is 79.9. The first-order valence-electron chi connectivity index (χ1n) is 28.5. The standard InChI is InChI=1S/C24H51N.C17H38N.C16H36N.BrH.ClH/c1-4-7-10-13-16-19-22-25(23-20-17-14-11-8-5-2)24-21-18-15-12-9-6-3;1-5-6-7-8-9-10-11-12-13-14-15-16-17-18(2,3)4;1-5-9-13-17(14-10-6-2,15-11-7-3)16-12-8-4;;/h4-24H2,1-3H3;5-17H2,1-4H3;5-16H2,1-4H3;2*1H/q;2*+1;;. The fourth-order valence-electron chi connectivity index (χ4n) is 8.75. The van der Waals surface area contributed by atoms with Crippen LogP contribution in [0, 0.1) is 0 Å². The van der Waals surface area contributed by atoms with E-state index in [1.54, 1.807) is 0 Å². The largest absolute Gasteiger partial charge is 0.331 e. The van der Waals surface area contributed by atoms with Gasteiger partial charge in [-0.3, -0.25) is 0 Å². The van der Waals surface area contributed by atoms with Crippen molar-refractivity contribution in [3.8, 4) is 0 Å². The topological polar surface area (TPSA) is 3.24 Å². The second-order valence-corrected chi connectivity index (χ2v) is 20.7. The van der Waals surface area contributed by atoms with Gasteiger partial charge in [0.25, 0.3) is 0 Å². The van der Waals surface area contributed by atoms with Crippen LogP contribution in [-0.4, -0.2) is 87.4 Å². The van der Waals surface area contributed by atoms with Crippen LogP contribution < -0.4 is 0 Å². The van der Waals surface area contributed by atoms with Crippen molar-refractivity contribution >= 4 is 29.4 Å². The van der Waals surface area contributed by atoms with Crippen LogP contribution in [0.3, 0.4) is 0 Å². The van der Waals surface area contributed by atoms with Gasteiger partial charge in [-0.05, 0) is 77.4 Å². The lowest BCUT2D eigenvalue weighted by atomic mass is 10.1. The molecule has 3 nitrogen and oxygen atoms in total. The van der Waals surface area contributed by atoms with Gasteiger partial charge < -0.3 is 13.9 Å². The van der Waals surface area contributed by atoms with Crippen molar-refractivity contribution in [2.45, 2.75) is 299 Å². The fraction of sp³-hybridized carbons (Fsp3) is 1.00. The number of rotatable bonds is 46. The smallest absolute Gasteiger partial charge is 0.0786 e. The van der Waals surface area contributed by atoms with Crippen molar-refractivity contribution < 1.29 is 8.97 Å². The number of unbranched alkanes of at least 4 members (excludes halogenated alkanes) is 30. The average Bonchev–Trinajstić information content (AvgIpc) is 3.24. The molecular weight excluding hydrogens is 842 g/mol. The molecule has 0 aromatic heterocycles. The van der Waals surface area contributed by atoms with E-state index in [1.165, 1.54) is 301 Å². The molecule has 0 radical (unpaired) electrons. The van der Waals surface area contributed by atoms with E-state index in [0.717, 1.165) is 4.48 Å². The Balaban J connectivity index is -0.000000264. The van der Waals surface area contributed by atoms with Crippen LogP contribution in [0.5, 0.6) is 0 Å². The van der Waals surface area contributed by atoms with Crippen molar-refractivity contribution in [2.24, 2.45) is 0 Å². The van der Waals surface area contributed by atoms with Gasteiger partial charge in [-0.1, -0.05) is 242 Å². The minimum absolute atomic E-state index is 0. The third-order valence-corrected chi connectivity index (χ3v) is 13.1. The first-order valence-corrected chi connectivity index (χ1v) is 28.5. The summed E-state index contributed by atoms with van der Waals surface area (Å²) in [6, 6.07) is 0. The Labute approximate surface area is 414 Å². The highest BCUT2D eigenvalue weighted by molar-refractivity contribution is 8.93. The molecule has 0 rings (SSSR count). The summed E-state index contributed by atoms with van der Waals surface area (Å²) in [4.78, 5) is 2.79. The molecule has 0 atom stereocenters. The molecule has 0 saturated carbocycles. The van der Waals surface area contributed by atoms with Crippen molar-refractivity contribution in [1.82, 2.24) is 4.90 Å². The molecule has 0 fully saturated rings. The number of hydrogen-bond donors (Lipinski definition) is 0. The maximum absolute atomic E-state index is 2.79. The van der Waals surface area contributed by atoms with Crippen molar-refractivity contribution in [3.63, 3.8) is 0 Å². The Hall–Kier alpha value is 0.650. The fourth-order valence-corrected chi connectivity index (χ4v) is 8.75. The Morgan fingerprint density at radius 1 is 0.242 bits per heavy atom. The molecule has 0 heterocycles. The SMILES string of the molecule is Br.CCCCCCCCCCCCCC[N+](C)(C)C.CCCCCCCCN(CCCCCCCC)CCCCCCCC.CCCC[N+](CCCC)(CCCC)CCCC.Cl. The predicted octanol–water partition coefficient (Wildman–Crippen LogP) is 19.8. The van der Waals surface area contributed by atoms with E-state index < -0.39 is 0 Å². The predicted molar refractivity (Wildman–Crippen MR) is 297 cm³/mol. The van der Waals surface area contributed by atoms with Crippen LogP contribution in [0.2, 0.25) is 0 Å². The van der Waals surface area contributed by atoms with Gasteiger partial charge >= 0.3 is 0 Å². The molecule has 0 aromatic rings. The van der Waals surface area contributed by atoms with Crippen LogP contribution in [0.15, 0.2) is 0 Å². The van der Waals surface area contributed by atoms with Crippen LogP contribution in [0.25, 0.3) is 0 Å². The van der Waals surface area contributed by atoms with Gasteiger partial charge in [0.1, 0.15) is 0 Å². The van der Waals surface area contributed by atoms with Crippen molar-refractivity contribution in [3.05, 3.63) is 0 Å². The normalized spacial score (nSPS) is 11.4. The van der Waals surface area contributed by atoms with Gasteiger partial charge in [0.2, 0.25) is 0 Å². The zero-order valence-electron chi connectivity index (χ0n) is 45.7. The Bertz CT molecular complexity index is 668. The van der Waals surface area contributed by atoms with E-state index in [9.17, 15) is 0 Å². The van der Waals surface area contributed by atoms with E-state index >= 15 is 0 Å². The summed E-state index contributed by atoms with van der Waals surface area (Å²) < 4.78 is 2.54. The summed E-state index contributed by atoms with van der Waals surface area (Å²) in [5.41, 5.74) is 0. The number of hydrogen-bond acceptors (Lipinski definition) is 1. The van der Waals surface area contributed by atoms with Gasteiger partial charge in [-0.2, -0.15) is 0 Å². The van der Waals surface area contributed by atoms with Crippen LogP contribution >= 0.6 is 29.4 Å². The molecule has 0 aromatic carbocycles. The van der Waals surface area contributed by atoms with E-state index in [0.29, 0.717) is 0 Å². The number of halogens is 2. The van der Waals surface area contributed by atoms with Crippen molar-refractivity contribution in [2.75, 3.05) is 73.5 Å². The summed E-state index contributed by atoms with van der Waals surface area (Å²) in [7, 11) is 6.87. The molecule has 0 spiro atoms. The molecule has 0 bridgehead atoms.